The maximum Gasteiger partial charge on any atom is 0.257 e. The van der Waals surface area contributed by atoms with E-state index in [4.69, 9.17) is 0 Å². The highest BCUT2D eigenvalue weighted by molar-refractivity contribution is 6.05. The Labute approximate surface area is 144 Å². The average molecular weight is 340 g/mol. The number of amides is 1. The van der Waals surface area contributed by atoms with Gasteiger partial charge in [0.05, 0.1) is 5.56 Å². The van der Waals surface area contributed by atoms with Crippen molar-refractivity contribution in [2.45, 2.75) is 20.8 Å². The number of nitrogens with zero attached hydrogens (tertiary/aromatic N) is 1. The summed E-state index contributed by atoms with van der Waals surface area (Å²) >= 11 is 0. The first-order chi connectivity index (χ1) is 11.9. The molecule has 0 aliphatic heterocycles. The third kappa shape index (κ3) is 3.31. The Hall–Kier alpha value is -2.95. The molecule has 1 heterocycles. The second-order valence-electron chi connectivity index (χ2n) is 6.01. The molecule has 0 fully saturated rings. The van der Waals surface area contributed by atoms with Crippen molar-refractivity contribution in [3.63, 3.8) is 0 Å². The fourth-order valence-electron chi connectivity index (χ4n) is 2.94. The Bertz CT molecular complexity index is 943. The number of anilines is 1. The molecule has 0 atom stereocenters. The van der Waals surface area contributed by atoms with Crippen LogP contribution in [0.4, 0.5) is 14.5 Å². The molecule has 0 saturated carbocycles. The number of benzene rings is 2. The van der Waals surface area contributed by atoms with E-state index in [0.717, 1.165) is 17.1 Å². The molecule has 5 heteroatoms. The first-order valence-electron chi connectivity index (χ1n) is 7.89. The number of rotatable bonds is 3. The molecular formula is C20H18F2N2O. The van der Waals surface area contributed by atoms with Crippen LogP contribution in [0.15, 0.2) is 48.5 Å². The van der Waals surface area contributed by atoms with Crippen LogP contribution in [0.3, 0.4) is 0 Å². The van der Waals surface area contributed by atoms with Crippen LogP contribution in [0.5, 0.6) is 0 Å². The van der Waals surface area contributed by atoms with Crippen molar-refractivity contribution in [1.29, 1.82) is 0 Å². The maximum atomic E-state index is 13.2. The average Bonchev–Trinajstić information content (AvgIpc) is 2.86. The number of hydrogen-bond acceptors (Lipinski definition) is 1. The van der Waals surface area contributed by atoms with Gasteiger partial charge in [0.15, 0.2) is 0 Å². The Balaban J connectivity index is 1.94. The van der Waals surface area contributed by atoms with Gasteiger partial charge in [-0.05, 0) is 74.9 Å². The summed E-state index contributed by atoms with van der Waals surface area (Å²) < 4.78 is 28.2. The summed E-state index contributed by atoms with van der Waals surface area (Å²) in [6.45, 7) is 5.46. The summed E-state index contributed by atoms with van der Waals surface area (Å²) in [6.07, 6.45) is 0. The molecule has 0 aliphatic rings. The third-order valence-corrected chi connectivity index (χ3v) is 4.20. The number of carbonyl (C=O) groups is 1. The molecule has 1 aromatic heterocycles. The fourth-order valence-corrected chi connectivity index (χ4v) is 2.94. The van der Waals surface area contributed by atoms with E-state index < -0.39 is 0 Å². The molecule has 1 amide bonds. The lowest BCUT2D eigenvalue weighted by atomic mass is 10.1. The zero-order valence-electron chi connectivity index (χ0n) is 14.2. The van der Waals surface area contributed by atoms with Crippen LogP contribution in [0.25, 0.3) is 5.69 Å². The second kappa shape index (κ2) is 6.51. The molecule has 2 aromatic carbocycles. The van der Waals surface area contributed by atoms with Crippen LogP contribution in [-0.4, -0.2) is 10.5 Å². The molecule has 0 unspecified atom stereocenters. The molecular weight excluding hydrogens is 322 g/mol. The van der Waals surface area contributed by atoms with E-state index in [9.17, 15) is 13.6 Å². The largest absolute Gasteiger partial charge is 0.322 e. The van der Waals surface area contributed by atoms with E-state index in [2.05, 4.69) is 5.32 Å². The molecule has 0 aliphatic carbocycles. The Kier molecular flexibility index (Phi) is 4.40. The van der Waals surface area contributed by atoms with Crippen LogP contribution < -0.4 is 5.32 Å². The molecule has 0 saturated heterocycles. The maximum absolute atomic E-state index is 13.2. The summed E-state index contributed by atoms with van der Waals surface area (Å²) in [7, 11) is 0. The zero-order valence-corrected chi connectivity index (χ0v) is 14.2. The van der Waals surface area contributed by atoms with Crippen LogP contribution in [0.2, 0.25) is 0 Å². The van der Waals surface area contributed by atoms with E-state index in [1.807, 2.05) is 18.4 Å². The number of nitrogens with one attached hydrogen (secondary N) is 1. The van der Waals surface area contributed by atoms with E-state index in [1.165, 1.54) is 24.3 Å². The van der Waals surface area contributed by atoms with E-state index >= 15 is 0 Å². The molecule has 0 spiro atoms. The number of aromatic nitrogens is 1. The minimum Gasteiger partial charge on any atom is -0.322 e. The monoisotopic (exact) mass is 340 g/mol. The Morgan fingerprint density at radius 1 is 0.920 bits per heavy atom. The number of halogens is 2. The van der Waals surface area contributed by atoms with E-state index in [0.29, 0.717) is 16.8 Å². The lowest BCUT2D eigenvalue weighted by Gasteiger charge is -2.11. The Morgan fingerprint density at radius 3 is 2.20 bits per heavy atom. The first kappa shape index (κ1) is 16.9. The van der Waals surface area contributed by atoms with Gasteiger partial charge in [0.1, 0.15) is 11.6 Å². The molecule has 0 bridgehead atoms. The van der Waals surface area contributed by atoms with Crippen molar-refractivity contribution >= 4 is 11.6 Å². The minimum absolute atomic E-state index is 0.267. The van der Waals surface area contributed by atoms with Gasteiger partial charge in [-0.25, -0.2) is 8.78 Å². The van der Waals surface area contributed by atoms with Crippen LogP contribution in [0.1, 0.15) is 27.3 Å². The lowest BCUT2D eigenvalue weighted by molar-refractivity contribution is 0.102. The smallest absolute Gasteiger partial charge is 0.257 e. The van der Waals surface area contributed by atoms with Gasteiger partial charge in [0.2, 0.25) is 0 Å². The van der Waals surface area contributed by atoms with Crippen LogP contribution in [0, 0.1) is 32.4 Å². The SMILES string of the molecule is Cc1cc(F)ccc1NC(=O)c1cc(C)n(-c2ccc(F)cc2)c1C. The molecule has 128 valence electrons. The van der Waals surface area contributed by atoms with E-state index in [-0.39, 0.29) is 17.5 Å². The van der Waals surface area contributed by atoms with Crippen molar-refractivity contribution in [2.75, 3.05) is 5.32 Å². The summed E-state index contributed by atoms with van der Waals surface area (Å²) in [5.74, 6) is -0.919. The van der Waals surface area contributed by atoms with Crippen LogP contribution >= 0.6 is 0 Å². The zero-order chi connectivity index (χ0) is 18.1. The van der Waals surface area contributed by atoms with Gasteiger partial charge in [-0.3, -0.25) is 4.79 Å². The Morgan fingerprint density at radius 2 is 1.56 bits per heavy atom. The summed E-state index contributed by atoms with van der Waals surface area (Å²) in [5, 5.41) is 2.82. The highest BCUT2D eigenvalue weighted by Gasteiger charge is 2.17. The third-order valence-electron chi connectivity index (χ3n) is 4.20. The quantitative estimate of drug-likeness (QED) is 0.720. The number of carbonyl (C=O) groups excluding carboxylic acids is 1. The van der Waals surface area contributed by atoms with Crippen molar-refractivity contribution in [3.05, 3.63) is 82.7 Å². The second-order valence-corrected chi connectivity index (χ2v) is 6.01. The van der Waals surface area contributed by atoms with Gasteiger partial charge in [-0.2, -0.15) is 0 Å². The topological polar surface area (TPSA) is 34.0 Å². The van der Waals surface area contributed by atoms with Crippen molar-refractivity contribution in [1.82, 2.24) is 4.57 Å². The van der Waals surface area contributed by atoms with Crippen molar-refractivity contribution in [3.8, 4) is 5.69 Å². The van der Waals surface area contributed by atoms with Gasteiger partial charge in [-0.1, -0.05) is 0 Å². The molecule has 3 nitrogen and oxygen atoms in total. The molecule has 3 aromatic rings. The normalized spacial score (nSPS) is 10.8. The molecule has 3 rings (SSSR count). The first-order valence-corrected chi connectivity index (χ1v) is 7.89. The highest BCUT2D eigenvalue weighted by Crippen LogP contribution is 2.23. The van der Waals surface area contributed by atoms with Crippen LogP contribution in [-0.2, 0) is 0 Å². The van der Waals surface area contributed by atoms with Gasteiger partial charge in [0, 0.05) is 22.8 Å². The van der Waals surface area contributed by atoms with Gasteiger partial charge in [0.25, 0.3) is 5.91 Å². The summed E-state index contributed by atoms with van der Waals surface area (Å²) in [5.41, 5.74) is 4.14. The predicted molar refractivity (Wildman–Crippen MR) is 94.3 cm³/mol. The van der Waals surface area contributed by atoms with Crippen molar-refractivity contribution < 1.29 is 13.6 Å². The number of hydrogen-bond donors (Lipinski definition) is 1. The molecule has 1 N–H and O–H groups in total. The summed E-state index contributed by atoms with van der Waals surface area (Å²) in [6, 6.07) is 12.1. The van der Waals surface area contributed by atoms with Gasteiger partial charge in [-0.15, -0.1) is 0 Å². The predicted octanol–water partition coefficient (Wildman–Crippen LogP) is 4.93. The summed E-state index contributed by atoms with van der Waals surface area (Å²) in [4.78, 5) is 12.6. The van der Waals surface area contributed by atoms with Gasteiger partial charge >= 0.3 is 0 Å². The minimum atomic E-state index is -0.343. The van der Waals surface area contributed by atoms with E-state index in [1.54, 1.807) is 31.2 Å². The highest BCUT2D eigenvalue weighted by atomic mass is 19.1. The standard InChI is InChI=1S/C20H18F2N2O/c1-12-10-16(22)6-9-19(12)23-20(25)18-11-13(2)24(14(18)3)17-7-4-15(21)5-8-17/h4-11H,1-3H3,(H,23,25). The lowest BCUT2D eigenvalue weighted by Crippen LogP contribution is -2.14. The molecule has 0 radical (unpaired) electrons. The van der Waals surface area contributed by atoms with Crippen molar-refractivity contribution in [2.24, 2.45) is 0 Å². The molecule has 25 heavy (non-hydrogen) atoms. The van der Waals surface area contributed by atoms with Gasteiger partial charge < -0.3 is 9.88 Å². The number of aryl methyl sites for hydroxylation is 2. The fraction of sp³-hybridized carbons (Fsp3) is 0.150.